The van der Waals surface area contributed by atoms with Gasteiger partial charge in [0, 0.05) is 25.2 Å². The second-order valence-electron chi connectivity index (χ2n) is 5.35. The van der Waals surface area contributed by atoms with Gasteiger partial charge in [0.1, 0.15) is 0 Å². The molecule has 21 heavy (non-hydrogen) atoms. The number of aryl methyl sites for hydroxylation is 1. The maximum absolute atomic E-state index is 12.3. The molecule has 8 heteroatoms. The molecule has 0 aromatic carbocycles. The Morgan fingerprint density at radius 1 is 1.52 bits per heavy atom. The van der Waals surface area contributed by atoms with Gasteiger partial charge >= 0.3 is 0 Å². The van der Waals surface area contributed by atoms with Crippen LogP contribution in [0.15, 0.2) is 12.3 Å². The standard InChI is InChI=1S/C13H21N5O2.ClH/c1-13(6-2-3-7-15-13)12(20)16-11-5-9-18(17-11)8-4-10(14)19;/h5,9,15H,2-4,6-8H2,1H3,(H2,14,19)(H,16,17,20);1H. The summed E-state index contributed by atoms with van der Waals surface area (Å²) < 4.78 is 1.59. The summed E-state index contributed by atoms with van der Waals surface area (Å²) in [4.78, 5) is 23.0. The van der Waals surface area contributed by atoms with Crippen LogP contribution in [-0.4, -0.2) is 33.7 Å². The Balaban J connectivity index is 0.00000220. The van der Waals surface area contributed by atoms with Crippen LogP contribution in [0.5, 0.6) is 0 Å². The lowest BCUT2D eigenvalue weighted by Crippen LogP contribution is -2.54. The van der Waals surface area contributed by atoms with Crippen molar-refractivity contribution >= 4 is 30.0 Å². The van der Waals surface area contributed by atoms with E-state index in [0.717, 1.165) is 25.8 Å². The monoisotopic (exact) mass is 315 g/mol. The van der Waals surface area contributed by atoms with Gasteiger partial charge in [-0.05, 0) is 32.7 Å². The molecule has 1 atom stereocenters. The fourth-order valence-electron chi connectivity index (χ4n) is 2.28. The number of rotatable bonds is 5. The number of hydrogen-bond donors (Lipinski definition) is 3. The molecule has 0 radical (unpaired) electrons. The van der Waals surface area contributed by atoms with Crippen LogP contribution in [0.4, 0.5) is 5.82 Å². The molecule has 1 unspecified atom stereocenters. The molecule has 1 saturated heterocycles. The van der Waals surface area contributed by atoms with E-state index in [4.69, 9.17) is 5.73 Å². The van der Waals surface area contributed by atoms with Crippen molar-refractivity contribution in [3.63, 3.8) is 0 Å². The largest absolute Gasteiger partial charge is 0.370 e. The first kappa shape index (κ1) is 17.5. The van der Waals surface area contributed by atoms with E-state index in [1.165, 1.54) is 0 Å². The van der Waals surface area contributed by atoms with Gasteiger partial charge in [0.2, 0.25) is 11.8 Å². The number of nitrogens with two attached hydrogens (primary N) is 1. The van der Waals surface area contributed by atoms with Gasteiger partial charge in [-0.3, -0.25) is 14.3 Å². The lowest BCUT2D eigenvalue weighted by atomic mass is 9.90. The van der Waals surface area contributed by atoms with Gasteiger partial charge in [-0.1, -0.05) is 0 Å². The van der Waals surface area contributed by atoms with Gasteiger partial charge in [-0.25, -0.2) is 0 Å². The smallest absolute Gasteiger partial charge is 0.245 e. The predicted octanol–water partition coefficient (Wildman–Crippen LogP) is 0.651. The molecule has 118 valence electrons. The average molecular weight is 316 g/mol. The predicted molar refractivity (Wildman–Crippen MR) is 82.2 cm³/mol. The SMILES string of the molecule is CC1(C(=O)Nc2ccn(CCC(N)=O)n2)CCCCN1.Cl. The molecule has 7 nitrogen and oxygen atoms in total. The Morgan fingerprint density at radius 2 is 2.29 bits per heavy atom. The lowest BCUT2D eigenvalue weighted by Gasteiger charge is -2.33. The highest BCUT2D eigenvalue weighted by Gasteiger charge is 2.34. The summed E-state index contributed by atoms with van der Waals surface area (Å²) in [6.45, 7) is 3.18. The molecule has 0 saturated carbocycles. The number of amides is 2. The molecule has 2 rings (SSSR count). The lowest BCUT2D eigenvalue weighted by molar-refractivity contribution is -0.122. The summed E-state index contributed by atoms with van der Waals surface area (Å²) in [6, 6.07) is 1.71. The Bertz CT molecular complexity index is 497. The Hall–Kier alpha value is -1.60. The molecule has 1 fully saturated rings. The fourth-order valence-corrected chi connectivity index (χ4v) is 2.28. The second-order valence-corrected chi connectivity index (χ2v) is 5.35. The molecule has 1 aromatic heterocycles. The number of aromatic nitrogens is 2. The van der Waals surface area contributed by atoms with Crippen LogP contribution in [0.3, 0.4) is 0 Å². The van der Waals surface area contributed by atoms with E-state index in [9.17, 15) is 9.59 Å². The van der Waals surface area contributed by atoms with Gasteiger partial charge in [-0.2, -0.15) is 5.10 Å². The first-order valence-corrected chi connectivity index (χ1v) is 6.88. The van der Waals surface area contributed by atoms with Crippen LogP contribution < -0.4 is 16.4 Å². The molecule has 4 N–H and O–H groups in total. The van der Waals surface area contributed by atoms with Crippen LogP contribution in [0.1, 0.15) is 32.6 Å². The highest BCUT2D eigenvalue weighted by molar-refractivity contribution is 5.97. The minimum absolute atomic E-state index is 0. The van der Waals surface area contributed by atoms with Crippen LogP contribution in [-0.2, 0) is 16.1 Å². The Kier molecular flexibility index (Phi) is 6.17. The normalized spacial score (nSPS) is 21.4. The topological polar surface area (TPSA) is 102 Å². The number of piperidine rings is 1. The maximum Gasteiger partial charge on any atom is 0.245 e. The molecule has 1 aromatic rings. The fraction of sp³-hybridized carbons (Fsp3) is 0.615. The molecule has 0 bridgehead atoms. The van der Waals surface area contributed by atoms with Crippen LogP contribution in [0.2, 0.25) is 0 Å². The number of halogens is 1. The zero-order chi connectivity index (χ0) is 14.6. The first-order valence-electron chi connectivity index (χ1n) is 6.88. The highest BCUT2D eigenvalue weighted by atomic mass is 35.5. The van der Waals surface area contributed by atoms with E-state index in [1.807, 2.05) is 6.92 Å². The van der Waals surface area contributed by atoms with E-state index in [2.05, 4.69) is 15.7 Å². The molecular formula is C13H22ClN5O2. The van der Waals surface area contributed by atoms with E-state index < -0.39 is 5.54 Å². The highest BCUT2D eigenvalue weighted by Crippen LogP contribution is 2.20. The van der Waals surface area contributed by atoms with Crippen molar-refractivity contribution in [2.24, 2.45) is 5.73 Å². The van der Waals surface area contributed by atoms with Gasteiger partial charge in [0.15, 0.2) is 5.82 Å². The third-order valence-electron chi connectivity index (χ3n) is 3.59. The molecule has 2 heterocycles. The number of anilines is 1. The van der Waals surface area contributed by atoms with E-state index >= 15 is 0 Å². The molecule has 2 amide bonds. The molecule has 1 aliphatic heterocycles. The third-order valence-corrected chi connectivity index (χ3v) is 3.59. The van der Waals surface area contributed by atoms with Gasteiger partial charge in [0.05, 0.1) is 5.54 Å². The quantitative estimate of drug-likeness (QED) is 0.742. The van der Waals surface area contributed by atoms with Crippen molar-refractivity contribution in [2.75, 3.05) is 11.9 Å². The minimum atomic E-state index is -0.532. The maximum atomic E-state index is 12.3. The van der Waals surface area contributed by atoms with E-state index in [1.54, 1.807) is 16.9 Å². The van der Waals surface area contributed by atoms with Gasteiger partial charge in [-0.15, -0.1) is 12.4 Å². The Morgan fingerprint density at radius 3 is 2.90 bits per heavy atom. The number of nitrogens with one attached hydrogen (secondary N) is 2. The minimum Gasteiger partial charge on any atom is -0.370 e. The molecule has 0 aliphatic carbocycles. The van der Waals surface area contributed by atoms with Crippen LogP contribution in [0, 0.1) is 0 Å². The summed E-state index contributed by atoms with van der Waals surface area (Å²) in [5, 5.41) is 10.3. The van der Waals surface area contributed by atoms with Crippen LogP contribution in [0.25, 0.3) is 0 Å². The number of carbonyl (C=O) groups excluding carboxylic acids is 2. The molecule has 1 aliphatic rings. The number of carbonyl (C=O) groups is 2. The molecular weight excluding hydrogens is 294 g/mol. The summed E-state index contributed by atoms with van der Waals surface area (Å²) in [5.74, 6) is 0.0513. The summed E-state index contributed by atoms with van der Waals surface area (Å²) in [6.07, 6.45) is 4.92. The molecule has 0 spiro atoms. The van der Waals surface area contributed by atoms with Crippen molar-refractivity contribution < 1.29 is 9.59 Å². The van der Waals surface area contributed by atoms with Crippen molar-refractivity contribution in [1.29, 1.82) is 0 Å². The van der Waals surface area contributed by atoms with Crippen molar-refractivity contribution in [2.45, 2.75) is 44.7 Å². The second kappa shape index (κ2) is 7.42. The van der Waals surface area contributed by atoms with E-state index in [0.29, 0.717) is 12.4 Å². The van der Waals surface area contributed by atoms with E-state index in [-0.39, 0.29) is 30.6 Å². The van der Waals surface area contributed by atoms with Gasteiger partial charge < -0.3 is 16.4 Å². The number of primary amides is 1. The first-order chi connectivity index (χ1) is 9.49. The summed E-state index contributed by atoms with van der Waals surface area (Å²) >= 11 is 0. The van der Waals surface area contributed by atoms with Crippen LogP contribution >= 0.6 is 12.4 Å². The van der Waals surface area contributed by atoms with Crippen molar-refractivity contribution in [3.8, 4) is 0 Å². The zero-order valence-electron chi connectivity index (χ0n) is 12.1. The third kappa shape index (κ3) is 4.71. The van der Waals surface area contributed by atoms with Crippen molar-refractivity contribution in [1.82, 2.24) is 15.1 Å². The number of nitrogens with zero attached hydrogens (tertiary/aromatic N) is 2. The zero-order valence-corrected chi connectivity index (χ0v) is 12.9. The average Bonchev–Trinajstić information content (AvgIpc) is 2.85. The Labute approximate surface area is 130 Å². The summed E-state index contributed by atoms with van der Waals surface area (Å²) in [7, 11) is 0. The van der Waals surface area contributed by atoms with Crippen molar-refractivity contribution in [3.05, 3.63) is 12.3 Å². The van der Waals surface area contributed by atoms with Gasteiger partial charge in [0.25, 0.3) is 0 Å². The summed E-state index contributed by atoms with van der Waals surface area (Å²) in [5.41, 5.74) is 4.55. The number of hydrogen-bond acceptors (Lipinski definition) is 4.